The highest BCUT2D eigenvalue weighted by molar-refractivity contribution is 7.87. The number of esters is 1. The van der Waals surface area contributed by atoms with Gasteiger partial charge in [0, 0.05) is 0 Å². The van der Waals surface area contributed by atoms with Crippen LogP contribution in [0.15, 0.2) is 65.6 Å². The van der Waals surface area contributed by atoms with Crippen molar-refractivity contribution in [3.63, 3.8) is 0 Å². The zero-order chi connectivity index (χ0) is 24.2. The number of amides is 1. The first-order chi connectivity index (χ1) is 15.6. The number of rotatable bonds is 7. The highest BCUT2D eigenvalue weighted by atomic mass is 32.2. The summed E-state index contributed by atoms with van der Waals surface area (Å²) in [6, 6.07) is 13.0. The summed E-state index contributed by atoms with van der Waals surface area (Å²) in [5, 5.41) is 1.99. The topological polar surface area (TPSA) is 98.8 Å². The van der Waals surface area contributed by atoms with Crippen molar-refractivity contribution >= 4 is 27.7 Å². The number of carbonyl (C=O) groups is 2. The molecule has 1 amide bonds. The zero-order valence-corrected chi connectivity index (χ0v) is 18.4. The molecule has 3 aromatic carbocycles. The van der Waals surface area contributed by atoms with Gasteiger partial charge in [-0.1, -0.05) is 18.2 Å². The summed E-state index contributed by atoms with van der Waals surface area (Å²) in [6.45, 7) is 2.61. The monoisotopic (exact) mass is 475 g/mol. The van der Waals surface area contributed by atoms with E-state index in [0.29, 0.717) is 5.56 Å². The molecule has 0 aromatic heterocycles. The molecule has 0 radical (unpaired) electrons. The Morgan fingerprint density at radius 1 is 0.939 bits per heavy atom. The van der Waals surface area contributed by atoms with E-state index in [0.717, 1.165) is 23.8 Å². The fraction of sp³-hybridized carbons (Fsp3) is 0.130. The average Bonchev–Trinajstić information content (AvgIpc) is 2.76. The van der Waals surface area contributed by atoms with Gasteiger partial charge < -0.3 is 14.2 Å². The minimum atomic E-state index is -4.09. The van der Waals surface area contributed by atoms with Gasteiger partial charge in [-0.2, -0.15) is 8.42 Å². The molecule has 0 unspecified atom stereocenters. The first-order valence-corrected chi connectivity index (χ1v) is 11.0. The number of anilines is 1. The molecule has 1 N–H and O–H groups in total. The van der Waals surface area contributed by atoms with Crippen LogP contribution in [0.4, 0.5) is 14.5 Å². The number of ether oxygens (including phenoxy) is 1. The predicted octanol–water partition coefficient (Wildman–Crippen LogP) is 4.14. The summed E-state index contributed by atoms with van der Waals surface area (Å²) >= 11 is 0. The van der Waals surface area contributed by atoms with Crippen molar-refractivity contribution < 1.29 is 35.7 Å². The second kappa shape index (κ2) is 9.78. The van der Waals surface area contributed by atoms with Crippen LogP contribution in [0.1, 0.15) is 21.5 Å². The molecule has 3 rings (SSSR count). The Bertz CT molecular complexity index is 1290. The van der Waals surface area contributed by atoms with Crippen LogP contribution in [-0.2, 0) is 19.6 Å². The van der Waals surface area contributed by atoms with Crippen molar-refractivity contribution in [3.8, 4) is 5.75 Å². The van der Waals surface area contributed by atoms with Crippen LogP contribution in [0.2, 0.25) is 0 Å². The Labute approximate surface area is 189 Å². The minimum absolute atomic E-state index is 0.0105. The molecule has 0 saturated heterocycles. The molecule has 0 heterocycles. The highest BCUT2D eigenvalue weighted by Crippen LogP contribution is 2.23. The van der Waals surface area contributed by atoms with Gasteiger partial charge in [-0.05, 0) is 67.4 Å². The Hall–Kier alpha value is -3.79. The van der Waals surface area contributed by atoms with E-state index in [1.807, 2.05) is 5.32 Å². The van der Waals surface area contributed by atoms with Gasteiger partial charge in [0.1, 0.15) is 28.0 Å². The van der Waals surface area contributed by atoms with E-state index in [2.05, 4.69) is 0 Å². The van der Waals surface area contributed by atoms with Gasteiger partial charge >= 0.3 is 16.1 Å². The lowest BCUT2D eigenvalue weighted by molar-refractivity contribution is -0.119. The van der Waals surface area contributed by atoms with Crippen LogP contribution < -0.4 is 9.50 Å². The van der Waals surface area contributed by atoms with Crippen LogP contribution in [0.5, 0.6) is 5.75 Å². The molecule has 0 bridgehead atoms. The molecule has 0 atom stereocenters. The molecular formula is C23H19F2NO6S. The number of halogens is 2. The van der Waals surface area contributed by atoms with Crippen molar-refractivity contribution in [2.45, 2.75) is 18.7 Å². The SMILES string of the molecule is Cc1ccc(C)c(S(=O)(=O)Oc2ccc(C(=O)OCC(=O)Nc3c(F)cccc3F)cc2)c1. The van der Waals surface area contributed by atoms with E-state index in [1.54, 1.807) is 26.0 Å². The van der Waals surface area contributed by atoms with Crippen molar-refractivity contribution in [1.29, 1.82) is 0 Å². The molecule has 7 nitrogen and oxygen atoms in total. The third-order valence-electron chi connectivity index (χ3n) is 4.47. The van der Waals surface area contributed by atoms with Gasteiger partial charge in [0.25, 0.3) is 5.91 Å². The molecule has 0 saturated carbocycles. The summed E-state index contributed by atoms with van der Waals surface area (Å²) in [4.78, 5) is 24.0. The quantitative estimate of drug-likeness (QED) is 0.407. The van der Waals surface area contributed by atoms with Gasteiger partial charge in [-0.3, -0.25) is 4.79 Å². The number of hydrogen-bond acceptors (Lipinski definition) is 6. The number of carbonyl (C=O) groups excluding carboxylic acids is 2. The van der Waals surface area contributed by atoms with E-state index < -0.39 is 45.9 Å². The number of benzene rings is 3. The lowest BCUT2D eigenvalue weighted by atomic mass is 10.2. The van der Waals surface area contributed by atoms with Crippen molar-refractivity contribution in [3.05, 3.63) is 89.0 Å². The van der Waals surface area contributed by atoms with E-state index in [4.69, 9.17) is 8.92 Å². The summed E-state index contributed by atoms with van der Waals surface area (Å²) in [6.07, 6.45) is 0. The maximum absolute atomic E-state index is 13.6. The lowest BCUT2D eigenvalue weighted by Gasteiger charge is -2.11. The van der Waals surface area contributed by atoms with Crippen LogP contribution in [-0.4, -0.2) is 26.9 Å². The number of nitrogens with one attached hydrogen (secondary N) is 1. The van der Waals surface area contributed by atoms with Crippen molar-refractivity contribution in [2.75, 3.05) is 11.9 Å². The fourth-order valence-corrected chi connectivity index (χ4v) is 4.05. The smallest absolute Gasteiger partial charge is 0.339 e. The normalized spacial score (nSPS) is 11.0. The Balaban J connectivity index is 1.61. The molecule has 0 aliphatic heterocycles. The highest BCUT2D eigenvalue weighted by Gasteiger charge is 2.20. The summed E-state index contributed by atoms with van der Waals surface area (Å²) < 4.78 is 62.2. The largest absolute Gasteiger partial charge is 0.452 e. The van der Waals surface area contributed by atoms with Gasteiger partial charge in [0.05, 0.1) is 5.56 Å². The molecular weight excluding hydrogens is 456 g/mol. The molecule has 33 heavy (non-hydrogen) atoms. The Kier molecular flexibility index (Phi) is 7.07. The minimum Gasteiger partial charge on any atom is -0.452 e. The van der Waals surface area contributed by atoms with Gasteiger partial charge in [0.2, 0.25) is 0 Å². The van der Waals surface area contributed by atoms with E-state index in [9.17, 15) is 26.8 Å². The maximum Gasteiger partial charge on any atom is 0.339 e. The third-order valence-corrected chi connectivity index (χ3v) is 5.86. The van der Waals surface area contributed by atoms with E-state index in [1.165, 1.54) is 30.3 Å². The van der Waals surface area contributed by atoms with Crippen molar-refractivity contribution in [1.82, 2.24) is 0 Å². The summed E-state index contributed by atoms with van der Waals surface area (Å²) in [7, 11) is -4.09. The Morgan fingerprint density at radius 3 is 2.21 bits per heavy atom. The van der Waals surface area contributed by atoms with Crippen LogP contribution in [0.25, 0.3) is 0 Å². The Morgan fingerprint density at radius 2 is 1.58 bits per heavy atom. The molecule has 0 fully saturated rings. The maximum atomic E-state index is 13.6. The standard InChI is InChI=1S/C23H19F2NO6S/c1-14-6-7-15(2)20(12-14)33(29,30)32-17-10-8-16(9-11-17)23(28)31-13-21(27)26-22-18(24)4-3-5-19(22)25/h3-12H,13H2,1-2H3,(H,26,27). The van der Waals surface area contributed by atoms with Crippen molar-refractivity contribution in [2.24, 2.45) is 0 Å². The predicted molar refractivity (Wildman–Crippen MR) is 115 cm³/mol. The van der Waals surface area contributed by atoms with Gasteiger partial charge in [0.15, 0.2) is 6.61 Å². The number of aryl methyl sites for hydroxylation is 2. The van der Waals surface area contributed by atoms with Crippen LogP contribution in [0, 0.1) is 25.5 Å². The second-order valence-corrected chi connectivity index (χ2v) is 8.57. The summed E-state index contributed by atoms with van der Waals surface area (Å²) in [5.41, 5.74) is 0.637. The molecule has 10 heteroatoms. The molecule has 172 valence electrons. The van der Waals surface area contributed by atoms with E-state index >= 15 is 0 Å². The third kappa shape index (κ3) is 5.92. The number of hydrogen-bond donors (Lipinski definition) is 1. The first-order valence-electron chi connectivity index (χ1n) is 9.59. The van der Waals surface area contributed by atoms with Gasteiger partial charge in [-0.25, -0.2) is 13.6 Å². The molecule has 0 aliphatic rings. The zero-order valence-electron chi connectivity index (χ0n) is 17.6. The van der Waals surface area contributed by atoms with Gasteiger partial charge in [-0.15, -0.1) is 0 Å². The molecule has 0 spiro atoms. The fourth-order valence-electron chi connectivity index (χ4n) is 2.80. The average molecular weight is 475 g/mol. The molecule has 3 aromatic rings. The van der Waals surface area contributed by atoms with E-state index in [-0.39, 0.29) is 16.2 Å². The second-order valence-electron chi connectivity index (χ2n) is 7.05. The summed E-state index contributed by atoms with van der Waals surface area (Å²) in [5.74, 6) is -3.81. The van der Waals surface area contributed by atoms with Crippen LogP contribution >= 0.6 is 0 Å². The molecule has 0 aliphatic carbocycles. The first kappa shape index (κ1) is 23.9. The lowest BCUT2D eigenvalue weighted by Crippen LogP contribution is -2.22. The number of para-hydroxylation sites is 1. The van der Waals surface area contributed by atoms with Crippen LogP contribution in [0.3, 0.4) is 0 Å².